The summed E-state index contributed by atoms with van der Waals surface area (Å²) < 4.78 is 6.41. The van der Waals surface area contributed by atoms with Crippen LogP contribution in [0.1, 0.15) is 20.7 Å². The second-order valence-electron chi connectivity index (χ2n) is 7.10. The number of ether oxygens (including phenoxy) is 1. The zero-order valence-corrected chi connectivity index (χ0v) is 17.4. The Labute approximate surface area is 179 Å². The van der Waals surface area contributed by atoms with Gasteiger partial charge in [0.1, 0.15) is 0 Å². The maximum absolute atomic E-state index is 12.1. The summed E-state index contributed by atoms with van der Waals surface area (Å²) in [5.41, 5.74) is 4.35. The van der Waals surface area contributed by atoms with E-state index in [0.29, 0.717) is 22.7 Å². The Bertz CT molecular complexity index is 1240. The molecule has 0 atom stereocenters. The van der Waals surface area contributed by atoms with Crippen LogP contribution in [0.25, 0.3) is 16.8 Å². The lowest BCUT2D eigenvalue weighted by molar-refractivity contribution is 0.0600. The number of anilines is 2. The molecule has 0 aliphatic rings. The van der Waals surface area contributed by atoms with Gasteiger partial charge in [-0.3, -0.25) is 4.79 Å². The third kappa shape index (κ3) is 4.09. The van der Waals surface area contributed by atoms with E-state index in [1.807, 2.05) is 30.5 Å². The van der Waals surface area contributed by atoms with Gasteiger partial charge in [-0.2, -0.15) is 4.98 Å². The minimum Gasteiger partial charge on any atom is -0.465 e. The Balaban J connectivity index is 1.61. The molecule has 1 amide bonds. The van der Waals surface area contributed by atoms with Crippen LogP contribution in [0.15, 0.2) is 66.9 Å². The van der Waals surface area contributed by atoms with Gasteiger partial charge in [0.25, 0.3) is 5.91 Å². The third-order valence-corrected chi connectivity index (χ3v) is 4.77. The number of rotatable bonds is 5. The Morgan fingerprint density at radius 1 is 0.968 bits per heavy atom. The van der Waals surface area contributed by atoms with Crippen LogP contribution in [0.4, 0.5) is 11.6 Å². The van der Waals surface area contributed by atoms with Gasteiger partial charge >= 0.3 is 5.97 Å². The molecule has 0 bridgehead atoms. The molecule has 2 heterocycles. The van der Waals surface area contributed by atoms with E-state index in [0.717, 1.165) is 16.8 Å². The number of esters is 1. The molecule has 156 valence electrons. The molecule has 0 radical (unpaired) electrons. The summed E-state index contributed by atoms with van der Waals surface area (Å²) >= 11 is 0. The van der Waals surface area contributed by atoms with E-state index >= 15 is 0 Å². The zero-order valence-electron chi connectivity index (χ0n) is 17.4. The number of methoxy groups -OCH3 is 1. The number of nitrogens with zero attached hydrogens (tertiary/aromatic N) is 4. The first-order valence-electron chi connectivity index (χ1n) is 9.59. The number of hydrogen-bond donors (Lipinski definition) is 1. The first kappa shape index (κ1) is 20.1. The number of carbonyl (C=O) groups excluding carboxylic acids is 2. The monoisotopic (exact) mass is 415 g/mol. The summed E-state index contributed by atoms with van der Waals surface area (Å²) in [6.07, 6.45) is 1.82. The van der Waals surface area contributed by atoms with Gasteiger partial charge in [-0.1, -0.05) is 12.1 Å². The first-order valence-corrected chi connectivity index (χ1v) is 9.59. The molecule has 8 heteroatoms. The molecule has 0 saturated heterocycles. The van der Waals surface area contributed by atoms with Gasteiger partial charge in [-0.25, -0.2) is 9.31 Å². The van der Waals surface area contributed by atoms with Gasteiger partial charge in [0.05, 0.1) is 12.7 Å². The minimum absolute atomic E-state index is 0.0445. The van der Waals surface area contributed by atoms with Gasteiger partial charge in [-0.15, -0.1) is 5.10 Å². The third-order valence-electron chi connectivity index (χ3n) is 4.77. The molecule has 2 aromatic heterocycles. The van der Waals surface area contributed by atoms with Gasteiger partial charge in [0, 0.05) is 37.1 Å². The number of nitrogens with one attached hydrogen (secondary N) is 1. The lowest BCUT2D eigenvalue weighted by atomic mass is 10.0. The van der Waals surface area contributed by atoms with Crippen LogP contribution in [0.5, 0.6) is 0 Å². The molecule has 0 aliphatic carbocycles. The molecular formula is C23H21N5O3. The van der Waals surface area contributed by atoms with Crippen LogP contribution in [-0.2, 0) is 4.74 Å². The molecule has 0 fully saturated rings. The molecule has 0 saturated carbocycles. The molecule has 2 aromatic carbocycles. The van der Waals surface area contributed by atoms with E-state index in [2.05, 4.69) is 15.4 Å². The van der Waals surface area contributed by atoms with Crippen LogP contribution in [0, 0.1) is 0 Å². The fraction of sp³-hybridized carbons (Fsp3) is 0.130. The molecule has 31 heavy (non-hydrogen) atoms. The second-order valence-corrected chi connectivity index (χ2v) is 7.10. The quantitative estimate of drug-likeness (QED) is 0.501. The molecule has 0 aliphatic heterocycles. The number of pyridine rings is 1. The predicted octanol–water partition coefficient (Wildman–Crippen LogP) is 3.63. The van der Waals surface area contributed by atoms with Gasteiger partial charge in [-0.05, 0) is 54.1 Å². The molecule has 4 rings (SSSR count). The molecule has 8 nitrogen and oxygen atoms in total. The van der Waals surface area contributed by atoms with Gasteiger partial charge < -0.3 is 15.0 Å². The molecule has 4 aromatic rings. The van der Waals surface area contributed by atoms with Crippen molar-refractivity contribution in [3.8, 4) is 11.1 Å². The fourth-order valence-corrected chi connectivity index (χ4v) is 3.17. The Morgan fingerprint density at radius 3 is 2.29 bits per heavy atom. The highest BCUT2D eigenvalue weighted by Gasteiger charge is 2.12. The van der Waals surface area contributed by atoms with E-state index in [4.69, 9.17) is 4.74 Å². The molecular weight excluding hydrogens is 394 g/mol. The maximum Gasteiger partial charge on any atom is 0.337 e. The van der Waals surface area contributed by atoms with Crippen molar-refractivity contribution in [2.45, 2.75) is 0 Å². The Hall–Kier alpha value is -4.20. The summed E-state index contributed by atoms with van der Waals surface area (Å²) in [5.74, 6) is -0.00467. The highest BCUT2D eigenvalue weighted by molar-refractivity contribution is 5.94. The zero-order chi connectivity index (χ0) is 22.0. The van der Waals surface area contributed by atoms with Crippen LogP contribution >= 0.6 is 0 Å². The van der Waals surface area contributed by atoms with Crippen molar-refractivity contribution in [2.24, 2.45) is 0 Å². The maximum atomic E-state index is 12.1. The van der Waals surface area contributed by atoms with Crippen molar-refractivity contribution in [1.29, 1.82) is 0 Å². The smallest absolute Gasteiger partial charge is 0.337 e. The first-order chi connectivity index (χ1) is 15.0. The largest absolute Gasteiger partial charge is 0.465 e. The van der Waals surface area contributed by atoms with E-state index in [1.165, 1.54) is 7.11 Å². The van der Waals surface area contributed by atoms with E-state index in [9.17, 15) is 9.59 Å². The van der Waals surface area contributed by atoms with Crippen molar-refractivity contribution < 1.29 is 14.3 Å². The molecule has 0 spiro atoms. The second kappa shape index (κ2) is 8.27. The number of carbonyl (C=O) groups is 2. The lowest BCUT2D eigenvalue weighted by Gasteiger charge is -2.10. The van der Waals surface area contributed by atoms with Crippen molar-refractivity contribution >= 4 is 29.2 Å². The van der Waals surface area contributed by atoms with E-state index < -0.39 is 0 Å². The van der Waals surface area contributed by atoms with Crippen molar-refractivity contribution in [1.82, 2.24) is 19.5 Å². The fourth-order valence-electron chi connectivity index (χ4n) is 3.17. The van der Waals surface area contributed by atoms with Crippen LogP contribution in [0.3, 0.4) is 0 Å². The van der Waals surface area contributed by atoms with Crippen molar-refractivity contribution in [3.05, 3.63) is 78.0 Å². The summed E-state index contributed by atoms with van der Waals surface area (Å²) in [6, 6.07) is 18.1. The molecule has 0 unspecified atom stereocenters. The van der Waals surface area contributed by atoms with Gasteiger partial charge in [0.2, 0.25) is 5.95 Å². The highest BCUT2D eigenvalue weighted by atomic mass is 16.5. The standard InChI is InChI=1S/C23H21N5O3/c1-27(2)21(29)16-8-6-15(7-9-16)19-5-4-14-28-20(19)25-23(26-28)24-18-12-10-17(11-13-18)22(30)31-3/h4-14H,1-3H3,(H,24,26). The normalized spacial score (nSPS) is 10.7. The number of fused-ring (bicyclic) bond motifs is 1. The number of hydrogen-bond acceptors (Lipinski definition) is 6. The predicted molar refractivity (Wildman–Crippen MR) is 118 cm³/mol. The average molecular weight is 415 g/mol. The van der Waals surface area contributed by atoms with E-state index in [1.54, 1.807) is 59.9 Å². The number of benzene rings is 2. The summed E-state index contributed by atoms with van der Waals surface area (Å²) in [5, 5.41) is 7.63. The highest BCUT2D eigenvalue weighted by Crippen LogP contribution is 2.25. The summed E-state index contributed by atoms with van der Waals surface area (Å²) in [6.45, 7) is 0. The molecule has 1 N–H and O–H groups in total. The summed E-state index contributed by atoms with van der Waals surface area (Å²) in [4.78, 5) is 29.9. The minimum atomic E-state index is -0.389. The average Bonchev–Trinajstić information content (AvgIpc) is 3.21. The number of amides is 1. The Kier molecular flexibility index (Phi) is 5.36. The SMILES string of the molecule is COC(=O)c1ccc(Nc2nc3c(-c4ccc(C(=O)N(C)C)cc4)cccn3n2)cc1. The van der Waals surface area contributed by atoms with Crippen molar-refractivity contribution in [2.75, 3.05) is 26.5 Å². The van der Waals surface area contributed by atoms with Gasteiger partial charge in [0.15, 0.2) is 5.65 Å². The Morgan fingerprint density at radius 2 is 1.65 bits per heavy atom. The van der Waals surface area contributed by atoms with Crippen LogP contribution in [0.2, 0.25) is 0 Å². The lowest BCUT2D eigenvalue weighted by Crippen LogP contribution is -2.21. The topological polar surface area (TPSA) is 88.8 Å². The van der Waals surface area contributed by atoms with Crippen LogP contribution < -0.4 is 5.32 Å². The number of aromatic nitrogens is 3. The van der Waals surface area contributed by atoms with Crippen LogP contribution in [-0.4, -0.2) is 52.6 Å². The van der Waals surface area contributed by atoms with Crippen molar-refractivity contribution in [3.63, 3.8) is 0 Å². The van der Waals surface area contributed by atoms with E-state index in [-0.39, 0.29) is 11.9 Å². The summed E-state index contributed by atoms with van der Waals surface area (Å²) in [7, 11) is 4.80.